The number of anilines is 1. The predicted molar refractivity (Wildman–Crippen MR) is 129 cm³/mol. The lowest BCUT2D eigenvalue weighted by molar-refractivity contribution is -0.127. The van der Waals surface area contributed by atoms with Crippen molar-refractivity contribution in [2.75, 3.05) is 18.4 Å². The Morgan fingerprint density at radius 1 is 0.818 bits per heavy atom. The third kappa shape index (κ3) is 6.01. The molecule has 1 atom stereocenters. The van der Waals surface area contributed by atoms with E-state index in [0.717, 1.165) is 31.2 Å². The number of hydrogen-bond donors (Lipinski definition) is 2. The van der Waals surface area contributed by atoms with Gasteiger partial charge >= 0.3 is 0 Å². The Balaban J connectivity index is 1.32. The molecule has 4 rings (SSSR count). The zero-order chi connectivity index (χ0) is 23.2. The molecule has 174 valence electrons. The molecule has 0 unspecified atom stereocenters. The van der Waals surface area contributed by atoms with E-state index in [-0.39, 0.29) is 23.6 Å². The van der Waals surface area contributed by atoms with Crippen LogP contribution in [0.4, 0.5) is 5.69 Å². The average Bonchev–Trinajstić information content (AvgIpc) is 2.85. The summed E-state index contributed by atoms with van der Waals surface area (Å²) in [6, 6.07) is 14.6. The number of nitrogens with one attached hydrogen (secondary N) is 2. The van der Waals surface area contributed by atoms with E-state index in [9.17, 15) is 14.4 Å². The first-order chi connectivity index (χ1) is 16.0. The van der Waals surface area contributed by atoms with Crippen molar-refractivity contribution in [3.05, 3.63) is 65.2 Å². The molecule has 1 saturated carbocycles. The van der Waals surface area contributed by atoms with Crippen molar-refractivity contribution in [3.8, 4) is 0 Å². The maximum atomic E-state index is 13.1. The Hall–Kier alpha value is -3.15. The predicted octanol–water partition coefficient (Wildman–Crippen LogP) is 4.55. The van der Waals surface area contributed by atoms with Crippen molar-refractivity contribution in [1.29, 1.82) is 0 Å². The van der Waals surface area contributed by atoms with E-state index in [0.29, 0.717) is 35.9 Å². The Labute approximate surface area is 195 Å². The SMILES string of the molecule is Cc1ccc(C(=O)Nc2ccc(C(=O)N3CCC[C@@H](C(=O)NC4CCCCC4)C3)cc2)cc1. The smallest absolute Gasteiger partial charge is 0.255 e. The Morgan fingerprint density at radius 2 is 1.48 bits per heavy atom. The summed E-state index contributed by atoms with van der Waals surface area (Å²) in [7, 11) is 0. The summed E-state index contributed by atoms with van der Waals surface area (Å²) in [6.45, 7) is 3.10. The van der Waals surface area contributed by atoms with Crippen LogP contribution >= 0.6 is 0 Å². The van der Waals surface area contributed by atoms with Gasteiger partial charge in [0.15, 0.2) is 0 Å². The van der Waals surface area contributed by atoms with Gasteiger partial charge in [0, 0.05) is 35.9 Å². The summed E-state index contributed by atoms with van der Waals surface area (Å²) in [5.74, 6) is -0.301. The van der Waals surface area contributed by atoms with Crippen LogP contribution in [0.25, 0.3) is 0 Å². The second-order valence-corrected chi connectivity index (χ2v) is 9.33. The van der Waals surface area contributed by atoms with Gasteiger partial charge in [0.2, 0.25) is 5.91 Å². The summed E-state index contributed by atoms with van der Waals surface area (Å²) < 4.78 is 0. The Morgan fingerprint density at radius 3 is 2.18 bits per heavy atom. The van der Waals surface area contributed by atoms with Crippen molar-refractivity contribution in [2.45, 2.75) is 57.9 Å². The molecule has 2 aromatic rings. The molecule has 6 nitrogen and oxygen atoms in total. The summed E-state index contributed by atoms with van der Waals surface area (Å²) in [6.07, 6.45) is 7.41. The van der Waals surface area contributed by atoms with E-state index in [4.69, 9.17) is 0 Å². The Kier molecular flexibility index (Phi) is 7.43. The average molecular weight is 448 g/mol. The highest BCUT2D eigenvalue weighted by molar-refractivity contribution is 6.04. The first kappa shape index (κ1) is 23.0. The second-order valence-electron chi connectivity index (χ2n) is 9.33. The molecule has 1 aliphatic heterocycles. The van der Waals surface area contributed by atoms with E-state index < -0.39 is 0 Å². The van der Waals surface area contributed by atoms with E-state index in [1.54, 1.807) is 41.3 Å². The molecule has 2 aliphatic rings. The lowest BCUT2D eigenvalue weighted by atomic mass is 9.92. The van der Waals surface area contributed by atoms with Gasteiger partial charge in [0.25, 0.3) is 11.8 Å². The summed E-state index contributed by atoms with van der Waals surface area (Å²) in [5, 5.41) is 6.08. The number of benzene rings is 2. The fourth-order valence-electron chi connectivity index (χ4n) is 4.73. The third-order valence-electron chi connectivity index (χ3n) is 6.73. The number of rotatable bonds is 5. The van der Waals surface area contributed by atoms with Gasteiger partial charge in [0.05, 0.1) is 5.92 Å². The lowest BCUT2D eigenvalue weighted by Crippen LogP contribution is -2.47. The number of amides is 3. The molecule has 3 amide bonds. The topological polar surface area (TPSA) is 78.5 Å². The van der Waals surface area contributed by atoms with E-state index in [1.807, 2.05) is 19.1 Å². The van der Waals surface area contributed by atoms with Crippen LogP contribution in [-0.4, -0.2) is 41.8 Å². The van der Waals surface area contributed by atoms with Crippen LogP contribution in [0.5, 0.6) is 0 Å². The van der Waals surface area contributed by atoms with Crippen LogP contribution in [0, 0.1) is 12.8 Å². The van der Waals surface area contributed by atoms with Gasteiger partial charge < -0.3 is 15.5 Å². The summed E-state index contributed by atoms with van der Waals surface area (Å²) in [5.41, 5.74) is 2.89. The number of piperidine rings is 1. The number of carbonyl (C=O) groups excluding carboxylic acids is 3. The molecule has 2 aromatic carbocycles. The minimum Gasteiger partial charge on any atom is -0.353 e. The third-order valence-corrected chi connectivity index (χ3v) is 6.73. The van der Waals surface area contributed by atoms with E-state index in [1.165, 1.54) is 19.3 Å². The highest BCUT2D eigenvalue weighted by Crippen LogP contribution is 2.22. The molecule has 0 aromatic heterocycles. The van der Waals surface area contributed by atoms with Crippen LogP contribution in [0.2, 0.25) is 0 Å². The van der Waals surface area contributed by atoms with E-state index >= 15 is 0 Å². The molecule has 0 radical (unpaired) electrons. The molecule has 0 bridgehead atoms. The van der Waals surface area contributed by atoms with Crippen LogP contribution in [0.1, 0.15) is 71.2 Å². The molecule has 1 aliphatic carbocycles. The highest BCUT2D eigenvalue weighted by atomic mass is 16.2. The lowest BCUT2D eigenvalue weighted by Gasteiger charge is -2.33. The summed E-state index contributed by atoms with van der Waals surface area (Å²) in [4.78, 5) is 40.0. The van der Waals surface area contributed by atoms with E-state index in [2.05, 4.69) is 10.6 Å². The first-order valence-electron chi connectivity index (χ1n) is 12.1. The van der Waals surface area contributed by atoms with Crippen LogP contribution in [0.3, 0.4) is 0 Å². The van der Waals surface area contributed by atoms with Gasteiger partial charge in [-0.3, -0.25) is 14.4 Å². The largest absolute Gasteiger partial charge is 0.353 e. The molecule has 6 heteroatoms. The standard InChI is InChI=1S/C27H33N3O3/c1-19-9-11-20(12-10-19)25(31)29-24-15-13-21(14-16-24)27(33)30-17-5-6-22(18-30)26(32)28-23-7-3-2-4-8-23/h9-16,22-23H,2-8,17-18H2,1H3,(H,28,32)(H,29,31)/t22-/m1/s1. The van der Waals surface area contributed by atoms with Crippen molar-refractivity contribution < 1.29 is 14.4 Å². The minimum absolute atomic E-state index is 0.0680. The maximum Gasteiger partial charge on any atom is 0.255 e. The quantitative estimate of drug-likeness (QED) is 0.706. The molecule has 33 heavy (non-hydrogen) atoms. The molecule has 1 saturated heterocycles. The number of hydrogen-bond acceptors (Lipinski definition) is 3. The van der Waals surface area contributed by atoms with Gasteiger partial charge in [0.1, 0.15) is 0 Å². The highest BCUT2D eigenvalue weighted by Gasteiger charge is 2.30. The van der Waals surface area contributed by atoms with Gasteiger partial charge in [-0.1, -0.05) is 37.0 Å². The number of nitrogens with zero attached hydrogens (tertiary/aromatic N) is 1. The monoisotopic (exact) mass is 447 g/mol. The molecule has 2 N–H and O–H groups in total. The van der Waals surface area contributed by atoms with Gasteiger partial charge in [-0.2, -0.15) is 0 Å². The minimum atomic E-state index is -0.183. The second kappa shape index (κ2) is 10.6. The number of carbonyl (C=O) groups is 3. The van der Waals surface area contributed by atoms with Crippen LogP contribution in [-0.2, 0) is 4.79 Å². The molecular formula is C27H33N3O3. The molecule has 2 fully saturated rings. The number of aryl methyl sites for hydroxylation is 1. The maximum absolute atomic E-state index is 13.1. The normalized spacial score (nSPS) is 19.1. The molecule has 1 heterocycles. The van der Waals surface area contributed by atoms with Crippen molar-refractivity contribution in [2.24, 2.45) is 5.92 Å². The van der Waals surface area contributed by atoms with Gasteiger partial charge in [-0.05, 0) is 69.0 Å². The number of likely N-dealkylation sites (tertiary alicyclic amines) is 1. The van der Waals surface area contributed by atoms with Crippen LogP contribution in [0.15, 0.2) is 48.5 Å². The first-order valence-corrected chi connectivity index (χ1v) is 12.1. The van der Waals surface area contributed by atoms with Crippen molar-refractivity contribution >= 4 is 23.4 Å². The summed E-state index contributed by atoms with van der Waals surface area (Å²) >= 11 is 0. The Bertz CT molecular complexity index is 979. The zero-order valence-corrected chi connectivity index (χ0v) is 19.3. The zero-order valence-electron chi connectivity index (χ0n) is 19.3. The van der Waals surface area contributed by atoms with Crippen molar-refractivity contribution in [3.63, 3.8) is 0 Å². The van der Waals surface area contributed by atoms with Crippen molar-refractivity contribution in [1.82, 2.24) is 10.2 Å². The fraction of sp³-hybridized carbons (Fsp3) is 0.444. The molecule has 0 spiro atoms. The fourth-order valence-corrected chi connectivity index (χ4v) is 4.73. The van der Waals surface area contributed by atoms with Gasteiger partial charge in [-0.25, -0.2) is 0 Å². The molecular weight excluding hydrogens is 414 g/mol. The van der Waals surface area contributed by atoms with Gasteiger partial charge in [-0.15, -0.1) is 0 Å². The van der Waals surface area contributed by atoms with Crippen LogP contribution < -0.4 is 10.6 Å².